The minimum absolute atomic E-state index is 0.0401. The molecule has 3 aromatic rings. The van der Waals surface area contributed by atoms with Crippen molar-refractivity contribution in [3.8, 4) is 22.9 Å². The molecule has 0 radical (unpaired) electrons. The van der Waals surface area contributed by atoms with Crippen LogP contribution in [-0.2, 0) is 11.3 Å². The third kappa shape index (κ3) is 3.57. The van der Waals surface area contributed by atoms with Gasteiger partial charge in [0.25, 0.3) is 0 Å². The average Bonchev–Trinajstić information content (AvgIpc) is 3.48. The maximum atomic E-state index is 13.0. The Kier molecular flexibility index (Phi) is 5.25. The second-order valence-corrected chi connectivity index (χ2v) is 7.29. The van der Waals surface area contributed by atoms with Crippen LogP contribution in [0.2, 0.25) is 0 Å². The van der Waals surface area contributed by atoms with Gasteiger partial charge in [-0.05, 0) is 47.7 Å². The highest BCUT2D eigenvalue weighted by Crippen LogP contribution is 2.39. The Hall–Kier alpha value is -2.94. The molecule has 1 fully saturated rings. The first kappa shape index (κ1) is 18.4. The monoisotopic (exact) mass is 399 g/mol. The van der Waals surface area contributed by atoms with E-state index >= 15 is 0 Å². The van der Waals surface area contributed by atoms with Crippen molar-refractivity contribution in [3.63, 3.8) is 0 Å². The second kappa shape index (κ2) is 7.97. The summed E-state index contributed by atoms with van der Waals surface area (Å²) in [5.41, 5.74) is 1.86. The van der Waals surface area contributed by atoms with Crippen molar-refractivity contribution in [2.24, 2.45) is 0 Å². The Bertz CT molecular complexity index is 956. The second-order valence-electron chi connectivity index (χ2n) is 6.51. The zero-order valence-electron chi connectivity index (χ0n) is 15.7. The van der Waals surface area contributed by atoms with Gasteiger partial charge in [0.05, 0.1) is 20.3 Å². The van der Waals surface area contributed by atoms with Gasteiger partial charge >= 0.3 is 0 Å². The summed E-state index contributed by atoms with van der Waals surface area (Å²) in [6.07, 6.45) is 1.81. The molecule has 0 spiro atoms. The summed E-state index contributed by atoms with van der Waals surface area (Å²) in [6.45, 7) is 0.746. The molecule has 0 saturated carbocycles. The summed E-state index contributed by atoms with van der Waals surface area (Å²) in [5.74, 6) is 1.99. The quantitative estimate of drug-likeness (QED) is 0.634. The molecule has 3 heterocycles. The number of hydrogen-bond acceptors (Lipinski definition) is 7. The number of nitrogens with zero attached hydrogens (tertiary/aromatic N) is 5. The van der Waals surface area contributed by atoms with Crippen molar-refractivity contribution >= 4 is 17.2 Å². The number of hydrogen-bond donors (Lipinski definition) is 0. The summed E-state index contributed by atoms with van der Waals surface area (Å²) in [7, 11) is 3.27. The normalized spacial score (nSPS) is 16.4. The highest BCUT2D eigenvalue weighted by Gasteiger charge is 2.32. The number of likely N-dealkylation sites (tertiary alicyclic amines) is 1. The van der Waals surface area contributed by atoms with Gasteiger partial charge in [0.15, 0.2) is 0 Å². The van der Waals surface area contributed by atoms with E-state index in [1.54, 1.807) is 25.6 Å². The summed E-state index contributed by atoms with van der Waals surface area (Å²) >= 11 is 1.57. The molecule has 0 aliphatic carbocycles. The van der Waals surface area contributed by atoms with Gasteiger partial charge in [-0.1, -0.05) is 0 Å². The van der Waals surface area contributed by atoms with E-state index in [-0.39, 0.29) is 18.5 Å². The van der Waals surface area contributed by atoms with Crippen LogP contribution in [0.25, 0.3) is 11.4 Å². The van der Waals surface area contributed by atoms with Crippen LogP contribution in [0.1, 0.15) is 24.4 Å². The number of carbonyl (C=O) groups excluding carboxylic acids is 1. The predicted octanol–water partition coefficient (Wildman–Crippen LogP) is 2.78. The SMILES string of the molecule is COc1ccc(OC)c([C@H]2CCCN2C(=O)Cn2nnc(-c3ccsc3)n2)c1. The van der Waals surface area contributed by atoms with Crippen molar-refractivity contribution < 1.29 is 14.3 Å². The molecule has 1 aliphatic rings. The van der Waals surface area contributed by atoms with E-state index < -0.39 is 0 Å². The summed E-state index contributed by atoms with van der Waals surface area (Å²) < 4.78 is 10.9. The molecule has 1 aliphatic heterocycles. The topological polar surface area (TPSA) is 82.4 Å². The Balaban J connectivity index is 1.53. The van der Waals surface area contributed by atoms with E-state index in [0.29, 0.717) is 12.4 Å². The van der Waals surface area contributed by atoms with E-state index in [9.17, 15) is 4.79 Å². The fourth-order valence-corrected chi connectivity index (χ4v) is 4.15. The molecule has 1 saturated heterocycles. The minimum atomic E-state index is -0.0579. The van der Waals surface area contributed by atoms with Crippen molar-refractivity contribution in [2.75, 3.05) is 20.8 Å². The van der Waals surface area contributed by atoms with Crippen molar-refractivity contribution in [1.29, 1.82) is 0 Å². The van der Waals surface area contributed by atoms with Crippen LogP contribution < -0.4 is 9.47 Å². The molecule has 28 heavy (non-hydrogen) atoms. The molecule has 8 nitrogen and oxygen atoms in total. The van der Waals surface area contributed by atoms with Crippen LogP contribution in [0.15, 0.2) is 35.0 Å². The summed E-state index contributed by atoms with van der Waals surface area (Å²) in [6, 6.07) is 7.55. The van der Waals surface area contributed by atoms with E-state index in [4.69, 9.17) is 9.47 Å². The first-order valence-electron chi connectivity index (χ1n) is 9.01. The molecule has 0 bridgehead atoms. The smallest absolute Gasteiger partial charge is 0.246 e. The lowest BCUT2D eigenvalue weighted by atomic mass is 10.0. The van der Waals surface area contributed by atoms with Crippen LogP contribution in [0.4, 0.5) is 0 Å². The van der Waals surface area contributed by atoms with Gasteiger partial charge in [0.2, 0.25) is 11.7 Å². The van der Waals surface area contributed by atoms with Crippen LogP contribution in [0.3, 0.4) is 0 Å². The van der Waals surface area contributed by atoms with Gasteiger partial charge in [-0.2, -0.15) is 16.1 Å². The van der Waals surface area contributed by atoms with Gasteiger partial charge in [0.1, 0.15) is 18.0 Å². The fraction of sp³-hybridized carbons (Fsp3) is 0.368. The summed E-state index contributed by atoms with van der Waals surface area (Å²) in [5, 5.41) is 16.3. The van der Waals surface area contributed by atoms with Crippen molar-refractivity contribution in [1.82, 2.24) is 25.1 Å². The molecule has 0 N–H and O–H groups in total. The van der Waals surface area contributed by atoms with Gasteiger partial charge in [-0.3, -0.25) is 4.79 Å². The molecule has 9 heteroatoms. The standard InChI is InChI=1S/C19H21N5O3S/c1-26-14-5-6-17(27-2)15(10-14)16-4-3-8-23(16)18(25)11-24-21-19(20-22-24)13-7-9-28-12-13/h5-7,9-10,12,16H,3-4,8,11H2,1-2H3/t16-/m1/s1. The van der Waals surface area contributed by atoms with Crippen LogP contribution in [-0.4, -0.2) is 51.8 Å². The van der Waals surface area contributed by atoms with Crippen molar-refractivity contribution in [2.45, 2.75) is 25.4 Å². The number of benzene rings is 1. The number of thiophene rings is 1. The van der Waals surface area contributed by atoms with E-state index in [0.717, 1.165) is 35.5 Å². The molecule has 146 valence electrons. The Morgan fingerprint density at radius 1 is 1.29 bits per heavy atom. The number of methoxy groups -OCH3 is 2. The Morgan fingerprint density at radius 3 is 2.93 bits per heavy atom. The molecule has 1 aromatic carbocycles. The van der Waals surface area contributed by atoms with E-state index in [2.05, 4.69) is 15.4 Å². The number of rotatable bonds is 6. The fourth-order valence-electron chi connectivity index (χ4n) is 3.52. The molecule has 1 atom stereocenters. The maximum Gasteiger partial charge on any atom is 0.246 e. The van der Waals surface area contributed by atoms with Crippen LogP contribution in [0.5, 0.6) is 11.5 Å². The zero-order valence-corrected chi connectivity index (χ0v) is 16.6. The van der Waals surface area contributed by atoms with Crippen LogP contribution in [0, 0.1) is 0 Å². The zero-order chi connectivity index (χ0) is 19.5. The number of amides is 1. The first-order chi connectivity index (χ1) is 13.7. The molecule has 4 rings (SSSR count). The Labute approximate surface area is 166 Å². The third-order valence-electron chi connectivity index (χ3n) is 4.88. The first-order valence-corrected chi connectivity index (χ1v) is 9.95. The Morgan fingerprint density at radius 2 is 2.18 bits per heavy atom. The van der Waals surface area contributed by atoms with Gasteiger partial charge in [-0.15, -0.1) is 10.2 Å². The van der Waals surface area contributed by atoms with E-state index in [1.165, 1.54) is 4.80 Å². The molecule has 0 unspecified atom stereocenters. The van der Waals surface area contributed by atoms with Gasteiger partial charge in [0, 0.05) is 23.1 Å². The van der Waals surface area contributed by atoms with Gasteiger partial charge < -0.3 is 14.4 Å². The maximum absolute atomic E-state index is 13.0. The molecule has 2 aromatic heterocycles. The lowest BCUT2D eigenvalue weighted by Crippen LogP contribution is -2.34. The van der Waals surface area contributed by atoms with E-state index in [1.807, 2.05) is 39.9 Å². The van der Waals surface area contributed by atoms with Crippen molar-refractivity contribution in [3.05, 3.63) is 40.6 Å². The number of tetrazole rings is 1. The van der Waals surface area contributed by atoms with Gasteiger partial charge in [-0.25, -0.2) is 0 Å². The lowest BCUT2D eigenvalue weighted by molar-refractivity contribution is -0.133. The number of ether oxygens (including phenoxy) is 2. The summed E-state index contributed by atoms with van der Waals surface area (Å²) in [4.78, 5) is 16.2. The largest absolute Gasteiger partial charge is 0.497 e. The minimum Gasteiger partial charge on any atom is -0.497 e. The average molecular weight is 399 g/mol. The predicted molar refractivity (Wildman–Crippen MR) is 104 cm³/mol. The molecular formula is C19H21N5O3S. The highest BCUT2D eigenvalue weighted by atomic mass is 32.1. The molecular weight excluding hydrogens is 378 g/mol. The number of aromatic nitrogens is 4. The van der Waals surface area contributed by atoms with Crippen LogP contribution >= 0.6 is 11.3 Å². The third-order valence-corrected chi connectivity index (χ3v) is 5.56. The molecule has 1 amide bonds. The number of carbonyl (C=O) groups is 1. The lowest BCUT2D eigenvalue weighted by Gasteiger charge is -2.26. The highest BCUT2D eigenvalue weighted by molar-refractivity contribution is 7.08.